The average Bonchev–Trinajstić information content (AvgIpc) is 2.39. The lowest BCUT2D eigenvalue weighted by Gasteiger charge is -2.18. The monoisotopic (exact) mass is 367 g/mol. The summed E-state index contributed by atoms with van der Waals surface area (Å²) in [6.45, 7) is 5.97. The van der Waals surface area contributed by atoms with Gasteiger partial charge in [-0.2, -0.15) is 0 Å². The number of halogens is 2. The lowest BCUT2D eigenvalue weighted by molar-refractivity contribution is 0.102. The van der Waals surface area contributed by atoms with Gasteiger partial charge < -0.3 is 5.32 Å². The number of hydrogen-bond acceptors (Lipinski definition) is 3. The van der Waals surface area contributed by atoms with E-state index in [9.17, 15) is 4.79 Å². The van der Waals surface area contributed by atoms with Gasteiger partial charge in [0.2, 0.25) is 0 Å². The lowest BCUT2D eigenvalue weighted by atomic mass is 9.92. The number of hydrogen-bond donors (Lipinski definition) is 1. The van der Waals surface area contributed by atoms with Crippen LogP contribution in [0.15, 0.2) is 34.9 Å². The molecule has 0 saturated carbocycles. The van der Waals surface area contributed by atoms with Crippen molar-refractivity contribution in [1.29, 1.82) is 0 Å². The summed E-state index contributed by atoms with van der Waals surface area (Å²) >= 11 is 9.50. The van der Waals surface area contributed by atoms with Crippen molar-refractivity contribution in [3.8, 4) is 0 Å². The van der Waals surface area contributed by atoms with E-state index in [1.165, 1.54) is 6.20 Å². The number of para-hydroxylation sites is 1. The first-order valence-corrected chi connectivity index (χ1v) is 7.55. The largest absolute Gasteiger partial charge is 0.320 e. The van der Waals surface area contributed by atoms with Gasteiger partial charge in [-0.05, 0) is 28.1 Å². The third kappa shape index (κ3) is 3.80. The molecule has 6 heteroatoms. The van der Waals surface area contributed by atoms with Crippen LogP contribution in [0.5, 0.6) is 0 Å². The molecule has 1 aromatic heterocycles. The Morgan fingerprint density at radius 1 is 1.29 bits per heavy atom. The molecular formula is C15H15BrClN3O. The molecule has 1 N–H and O–H groups in total. The summed E-state index contributed by atoms with van der Waals surface area (Å²) in [5, 5.41) is 3.02. The molecule has 1 amide bonds. The van der Waals surface area contributed by atoms with Crippen LogP contribution in [0.4, 0.5) is 5.69 Å². The van der Waals surface area contributed by atoms with Gasteiger partial charge in [-0.15, -0.1) is 0 Å². The predicted octanol–water partition coefficient (Wildman–Crippen LogP) is 4.44. The summed E-state index contributed by atoms with van der Waals surface area (Å²) in [6, 6.07) is 7.34. The fourth-order valence-electron chi connectivity index (χ4n) is 1.73. The second-order valence-corrected chi connectivity index (χ2v) is 6.79. The van der Waals surface area contributed by atoms with Crippen molar-refractivity contribution < 1.29 is 4.79 Å². The van der Waals surface area contributed by atoms with E-state index < -0.39 is 0 Å². The first kappa shape index (κ1) is 15.9. The van der Waals surface area contributed by atoms with Crippen LogP contribution in [-0.2, 0) is 5.41 Å². The predicted molar refractivity (Wildman–Crippen MR) is 87.8 cm³/mol. The van der Waals surface area contributed by atoms with E-state index in [1.54, 1.807) is 6.07 Å². The van der Waals surface area contributed by atoms with E-state index in [0.29, 0.717) is 11.4 Å². The fraction of sp³-hybridized carbons (Fsp3) is 0.267. The first-order valence-electron chi connectivity index (χ1n) is 6.38. The maximum absolute atomic E-state index is 12.2. The number of aromatic nitrogens is 2. The molecule has 4 nitrogen and oxygen atoms in total. The standard InChI is InChI=1S/C15H15BrClN3O/c1-15(2,3)12-13(17)19-11(8-18-12)14(21)20-10-7-5-4-6-9(10)16/h4-8H,1-3H3,(H,20,21). The quantitative estimate of drug-likeness (QED) is 0.852. The number of nitrogens with one attached hydrogen (secondary N) is 1. The van der Waals surface area contributed by atoms with Crippen LogP contribution in [0.1, 0.15) is 37.0 Å². The second kappa shape index (κ2) is 6.12. The van der Waals surface area contributed by atoms with Crippen molar-refractivity contribution in [3.63, 3.8) is 0 Å². The number of nitrogens with zero attached hydrogens (tertiary/aromatic N) is 2. The molecule has 0 spiro atoms. The molecule has 0 aliphatic rings. The van der Waals surface area contributed by atoms with Gasteiger partial charge >= 0.3 is 0 Å². The molecule has 1 heterocycles. The van der Waals surface area contributed by atoms with Crippen molar-refractivity contribution in [2.75, 3.05) is 5.32 Å². The molecular weight excluding hydrogens is 354 g/mol. The molecule has 110 valence electrons. The Morgan fingerprint density at radius 2 is 1.95 bits per heavy atom. The van der Waals surface area contributed by atoms with Crippen LogP contribution in [0, 0.1) is 0 Å². The smallest absolute Gasteiger partial charge is 0.275 e. The summed E-state index contributed by atoms with van der Waals surface area (Å²) < 4.78 is 0.795. The summed E-state index contributed by atoms with van der Waals surface area (Å²) in [5.74, 6) is -0.350. The van der Waals surface area contributed by atoms with Gasteiger partial charge in [0.25, 0.3) is 5.91 Å². The summed E-state index contributed by atoms with van der Waals surface area (Å²) in [5.41, 5.74) is 1.30. The number of benzene rings is 1. The molecule has 1 aromatic carbocycles. The highest BCUT2D eigenvalue weighted by Crippen LogP contribution is 2.26. The second-order valence-electron chi connectivity index (χ2n) is 5.58. The normalized spacial score (nSPS) is 11.3. The van der Waals surface area contributed by atoms with Crippen molar-refractivity contribution >= 4 is 39.1 Å². The van der Waals surface area contributed by atoms with Crippen LogP contribution >= 0.6 is 27.5 Å². The number of anilines is 1. The van der Waals surface area contributed by atoms with Gasteiger partial charge in [-0.1, -0.05) is 44.5 Å². The van der Waals surface area contributed by atoms with Crippen molar-refractivity contribution in [3.05, 3.63) is 51.5 Å². The number of carbonyl (C=O) groups excluding carboxylic acids is 1. The zero-order valence-corrected chi connectivity index (χ0v) is 14.3. The SMILES string of the molecule is CC(C)(C)c1ncc(C(=O)Nc2ccccc2Br)nc1Cl. The van der Waals surface area contributed by atoms with E-state index in [4.69, 9.17) is 11.6 Å². The topological polar surface area (TPSA) is 54.9 Å². The fourth-order valence-corrected chi connectivity index (χ4v) is 2.54. The van der Waals surface area contributed by atoms with Crippen molar-refractivity contribution in [1.82, 2.24) is 9.97 Å². The van der Waals surface area contributed by atoms with Gasteiger partial charge in [0.15, 0.2) is 5.15 Å². The minimum atomic E-state index is -0.350. The number of rotatable bonds is 2. The molecule has 21 heavy (non-hydrogen) atoms. The highest BCUT2D eigenvalue weighted by molar-refractivity contribution is 9.10. The van der Waals surface area contributed by atoms with Crippen molar-refractivity contribution in [2.45, 2.75) is 26.2 Å². The Morgan fingerprint density at radius 3 is 2.52 bits per heavy atom. The number of amides is 1. The van der Waals surface area contributed by atoms with Crippen LogP contribution < -0.4 is 5.32 Å². The molecule has 0 radical (unpaired) electrons. The molecule has 0 aliphatic carbocycles. The van der Waals surface area contributed by atoms with Gasteiger partial charge in [-0.3, -0.25) is 9.78 Å². The minimum absolute atomic E-state index is 0.184. The first-order chi connectivity index (χ1) is 9.79. The third-order valence-electron chi connectivity index (χ3n) is 2.80. The van der Waals surface area contributed by atoms with E-state index in [2.05, 4.69) is 31.2 Å². The zero-order chi connectivity index (χ0) is 15.6. The molecule has 2 aromatic rings. The average molecular weight is 369 g/mol. The molecule has 0 fully saturated rings. The van der Waals surface area contributed by atoms with Crippen LogP contribution in [0.2, 0.25) is 5.15 Å². The van der Waals surface area contributed by atoms with E-state index in [1.807, 2.05) is 39.0 Å². The molecule has 0 saturated heterocycles. The van der Waals surface area contributed by atoms with Gasteiger partial charge in [0, 0.05) is 9.89 Å². The Bertz CT molecular complexity index is 683. The maximum Gasteiger partial charge on any atom is 0.275 e. The summed E-state index contributed by atoms with van der Waals surface area (Å²) in [7, 11) is 0. The lowest BCUT2D eigenvalue weighted by Crippen LogP contribution is -2.19. The Labute approximate surface area is 137 Å². The molecule has 0 bridgehead atoms. The van der Waals surface area contributed by atoms with E-state index in [0.717, 1.165) is 4.47 Å². The van der Waals surface area contributed by atoms with E-state index in [-0.39, 0.29) is 22.2 Å². The molecule has 2 rings (SSSR count). The molecule has 0 unspecified atom stereocenters. The highest BCUT2D eigenvalue weighted by Gasteiger charge is 2.21. The molecule has 0 atom stereocenters. The maximum atomic E-state index is 12.2. The van der Waals surface area contributed by atoms with Crippen molar-refractivity contribution in [2.24, 2.45) is 0 Å². The van der Waals surface area contributed by atoms with Crippen LogP contribution in [-0.4, -0.2) is 15.9 Å². The van der Waals surface area contributed by atoms with Gasteiger partial charge in [0.1, 0.15) is 5.69 Å². The van der Waals surface area contributed by atoms with Crippen LogP contribution in [0.25, 0.3) is 0 Å². The Balaban J connectivity index is 2.25. The Hall–Kier alpha value is -1.46. The van der Waals surface area contributed by atoms with Gasteiger partial charge in [-0.25, -0.2) is 4.98 Å². The van der Waals surface area contributed by atoms with E-state index >= 15 is 0 Å². The summed E-state index contributed by atoms with van der Waals surface area (Å²) in [6.07, 6.45) is 1.44. The Kier molecular flexibility index (Phi) is 4.64. The highest BCUT2D eigenvalue weighted by atomic mass is 79.9. The van der Waals surface area contributed by atoms with Gasteiger partial charge in [0.05, 0.1) is 17.6 Å². The summed E-state index contributed by atoms with van der Waals surface area (Å²) in [4.78, 5) is 20.6. The number of carbonyl (C=O) groups is 1. The minimum Gasteiger partial charge on any atom is -0.320 e. The van der Waals surface area contributed by atoms with Crippen LogP contribution in [0.3, 0.4) is 0 Å². The third-order valence-corrected chi connectivity index (χ3v) is 3.75. The molecule has 0 aliphatic heterocycles. The zero-order valence-electron chi connectivity index (χ0n) is 11.9.